The first kappa shape index (κ1) is 23.0. The van der Waals surface area contributed by atoms with Crippen molar-refractivity contribution in [1.29, 1.82) is 0 Å². The third-order valence-corrected chi connectivity index (χ3v) is 3.87. The van der Waals surface area contributed by atoms with Gasteiger partial charge in [0, 0.05) is 13.0 Å². The summed E-state index contributed by atoms with van der Waals surface area (Å²) in [6.07, 6.45) is 12.7. The highest BCUT2D eigenvalue weighted by Crippen LogP contribution is 2.36. The van der Waals surface area contributed by atoms with Crippen LogP contribution >= 0.6 is 7.82 Å². The monoisotopic (exact) mass is 354 g/mol. The first-order valence-electron chi connectivity index (χ1n) is 9.01. The van der Waals surface area contributed by atoms with Gasteiger partial charge >= 0.3 is 7.82 Å². The molecule has 0 aromatic heterocycles. The Morgan fingerprint density at radius 3 is 1.87 bits per heavy atom. The normalized spacial score (nSPS) is 13.4. The first-order chi connectivity index (χ1) is 11.0. The molecule has 0 aliphatic heterocycles. The van der Waals surface area contributed by atoms with E-state index in [1.807, 2.05) is 6.92 Å². The molecule has 7 heteroatoms. The maximum absolute atomic E-state index is 10.7. The summed E-state index contributed by atoms with van der Waals surface area (Å²) in [4.78, 5) is 22.1. The van der Waals surface area contributed by atoms with E-state index in [-0.39, 0.29) is 0 Å². The molecule has 0 spiro atoms. The maximum Gasteiger partial charge on any atom is 0.496 e. The molecule has 1 unspecified atom stereocenters. The minimum absolute atomic E-state index is 0.503. The molecule has 0 saturated carbocycles. The SMILES string of the molecule is CCCCCCCCCCCC(OCCCC)OOP(=O)(O)O. The van der Waals surface area contributed by atoms with Crippen molar-refractivity contribution in [2.45, 2.75) is 97.2 Å². The average Bonchev–Trinajstić information content (AvgIpc) is 2.49. The summed E-state index contributed by atoms with van der Waals surface area (Å²) in [5.74, 6) is 0. The fraction of sp³-hybridized carbons (Fsp3) is 1.00. The van der Waals surface area contributed by atoms with Crippen molar-refractivity contribution in [2.75, 3.05) is 6.61 Å². The molecular weight excluding hydrogens is 319 g/mol. The molecule has 6 nitrogen and oxygen atoms in total. The van der Waals surface area contributed by atoms with Crippen molar-refractivity contribution in [3.8, 4) is 0 Å². The van der Waals surface area contributed by atoms with E-state index in [0.29, 0.717) is 13.0 Å². The van der Waals surface area contributed by atoms with Crippen LogP contribution in [0.5, 0.6) is 0 Å². The zero-order chi connectivity index (χ0) is 17.4. The summed E-state index contributed by atoms with van der Waals surface area (Å²) < 4.78 is 20.2. The number of rotatable bonds is 17. The standard InChI is InChI=1S/C16H35O6P/c1-3-5-7-8-9-10-11-12-13-14-16(20-15-6-4-2)21-22-23(17,18)19/h16H,3-15H2,1-2H3,(H2,17,18,19). The third kappa shape index (κ3) is 18.2. The van der Waals surface area contributed by atoms with Gasteiger partial charge in [0.1, 0.15) is 0 Å². The molecule has 0 aromatic rings. The van der Waals surface area contributed by atoms with Gasteiger partial charge in [-0.3, -0.25) is 0 Å². The van der Waals surface area contributed by atoms with Gasteiger partial charge in [-0.1, -0.05) is 71.6 Å². The highest BCUT2D eigenvalue weighted by Gasteiger charge is 2.20. The van der Waals surface area contributed by atoms with Gasteiger partial charge in [0.15, 0.2) is 6.29 Å². The lowest BCUT2D eigenvalue weighted by molar-refractivity contribution is -0.329. The Kier molecular flexibility index (Phi) is 15.6. The first-order valence-corrected chi connectivity index (χ1v) is 10.5. The second kappa shape index (κ2) is 15.6. The van der Waals surface area contributed by atoms with Gasteiger partial charge in [0.25, 0.3) is 0 Å². The van der Waals surface area contributed by atoms with E-state index in [0.717, 1.165) is 25.7 Å². The van der Waals surface area contributed by atoms with Gasteiger partial charge in [0.2, 0.25) is 0 Å². The zero-order valence-electron chi connectivity index (χ0n) is 14.7. The topological polar surface area (TPSA) is 85.2 Å². The van der Waals surface area contributed by atoms with Gasteiger partial charge in [-0.2, -0.15) is 4.89 Å². The minimum atomic E-state index is -4.62. The van der Waals surface area contributed by atoms with Gasteiger partial charge < -0.3 is 14.5 Å². The largest absolute Gasteiger partial charge is 0.496 e. The summed E-state index contributed by atoms with van der Waals surface area (Å²) in [6.45, 7) is 4.77. The van der Waals surface area contributed by atoms with Crippen molar-refractivity contribution in [1.82, 2.24) is 0 Å². The van der Waals surface area contributed by atoms with Crippen molar-refractivity contribution in [3.05, 3.63) is 0 Å². The molecule has 2 N–H and O–H groups in total. The van der Waals surface area contributed by atoms with Crippen LogP contribution in [0.4, 0.5) is 0 Å². The van der Waals surface area contributed by atoms with E-state index in [2.05, 4.69) is 11.6 Å². The summed E-state index contributed by atoms with van der Waals surface area (Å²) in [5.41, 5.74) is 0. The number of hydrogen-bond acceptors (Lipinski definition) is 4. The summed E-state index contributed by atoms with van der Waals surface area (Å²) in [5, 5.41) is 0. The van der Waals surface area contributed by atoms with Crippen LogP contribution in [0.3, 0.4) is 0 Å². The average molecular weight is 354 g/mol. The van der Waals surface area contributed by atoms with Crippen LogP contribution in [0.15, 0.2) is 0 Å². The number of ether oxygens (including phenoxy) is 1. The molecule has 0 aliphatic carbocycles. The molecule has 0 aromatic carbocycles. The molecule has 0 fully saturated rings. The number of hydrogen-bond donors (Lipinski definition) is 2. The minimum Gasteiger partial charge on any atom is -0.350 e. The van der Waals surface area contributed by atoms with Crippen LogP contribution in [0.2, 0.25) is 0 Å². The molecular formula is C16H35O6P. The van der Waals surface area contributed by atoms with Gasteiger partial charge in [0.05, 0.1) is 0 Å². The highest BCUT2D eigenvalue weighted by atomic mass is 31.2. The predicted octanol–water partition coefficient (Wildman–Crippen LogP) is 5.09. The lowest BCUT2D eigenvalue weighted by Crippen LogP contribution is -2.18. The van der Waals surface area contributed by atoms with Crippen LogP contribution in [-0.2, 0) is 18.9 Å². The molecule has 1 atom stereocenters. The number of phosphoric acid groups is 1. The molecule has 140 valence electrons. The zero-order valence-corrected chi connectivity index (χ0v) is 15.6. The van der Waals surface area contributed by atoms with E-state index >= 15 is 0 Å². The Hall–Kier alpha value is 0.0300. The third-order valence-electron chi connectivity index (χ3n) is 3.59. The quantitative estimate of drug-likeness (QED) is 0.124. The Labute approximate surface area is 141 Å². The van der Waals surface area contributed by atoms with E-state index in [4.69, 9.17) is 19.4 Å². The molecule has 0 amide bonds. The fourth-order valence-electron chi connectivity index (χ4n) is 2.24. The lowest BCUT2D eigenvalue weighted by atomic mass is 10.1. The van der Waals surface area contributed by atoms with Gasteiger partial charge in [-0.25, -0.2) is 4.57 Å². The molecule has 0 radical (unpaired) electrons. The van der Waals surface area contributed by atoms with Crippen molar-refractivity contribution < 1.29 is 28.7 Å². The van der Waals surface area contributed by atoms with Crippen LogP contribution in [0, 0.1) is 0 Å². The van der Waals surface area contributed by atoms with Crippen molar-refractivity contribution in [3.63, 3.8) is 0 Å². The van der Waals surface area contributed by atoms with Crippen LogP contribution in [-0.4, -0.2) is 22.7 Å². The predicted molar refractivity (Wildman–Crippen MR) is 90.7 cm³/mol. The molecule has 0 aliphatic rings. The van der Waals surface area contributed by atoms with Crippen molar-refractivity contribution >= 4 is 7.82 Å². The summed E-state index contributed by atoms with van der Waals surface area (Å²) in [7, 11) is -4.62. The molecule has 0 bridgehead atoms. The van der Waals surface area contributed by atoms with Gasteiger partial charge in [-0.15, -0.1) is 4.67 Å². The van der Waals surface area contributed by atoms with E-state index in [1.165, 1.54) is 44.9 Å². The van der Waals surface area contributed by atoms with Crippen LogP contribution in [0.25, 0.3) is 0 Å². The van der Waals surface area contributed by atoms with Gasteiger partial charge in [-0.05, 0) is 12.8 Å². The van der Waals surface area contributed by atoms with E-state index in [9.17, 15) is 4.57 Å². The summed E-state index contributed by atoms with van der Waals surface area (Å²) in [6, 6.07) is 0. The second-order valence-corrected chi connectivity index (χ2v) is 7.06. The smallest absolute Gasteiger partial charge is 0.350 e. The lowest BCUT2D eigenvalue weighted by Gasteiger charge is -2.17. The number of unbranched alkanes of at least 4 members (excludes halogenated alkanes) is 9. The fourth-order valence-corrected chi connectivity index (χ4v) is 2.45. The molecule has 0 saturated heterocycles. The Balaban J connectivity index is 3.71. The second-order valence-electron chi connectivity index (χ2n) is 5.93. The molecule has 0 rings (SSSR count). The van der Waals surface area contributed by atoms with E-state index in [1.54, 1.807) is 0 Å². The maximum atomic E-state index is 10.7. The van der Waals surface area contributed by atoms with Crippen molar-refractivity contribution in [2.24, 2.45) is 0 Å². The molecule has 0 heterocycles. The molecule has 23 heavy (non-hydrogen) atoms. The summed E-state index contributed by atoms with van der Waals surface area (Å²) >= 11 is 0. The Bertz CT molecular complexity index is 294. The van der Waals surface area contributed by atoms with E-state index < -0.39 is 14.1 Å². The van der Waals surface area contributed by atoms with Crippen LogP contribution in [0.1, 0.15) is 90.9 Å². The Morgan fingerprint density at radius 2 is 1.35 bits per heavy atom. The van der Waals surface area contributed by atoms with Crippen LogP contribution < -0.4 is 0 Å². The highest BCUT2D eigenvalue weighted by molar-refractivity contribution is 7.46. The Morgan fingerprint density at radius 1 is 0.826 bits per heavy atom.